The van der Waals surface area contributed by atoms with E-state index in [1.165, 1.54) is 64.2 Å². The second kappa shape index (κ2) is 20.9. The Morgan fingerprint density at radius 2 is 1.18 bits per heavy atom. The van der Waals surface area contributed by atoms with E-state index in [1.807, 2.05) is 50.0 Å². The first-order chi connectivity index (χ1) is 18.9. The zero-order valence-corrected chi connectivity index (χ0v) is 27.8. The minimum Gasteiger partial charge on any atom is -1.00 e. The topological polar surface area (TPSA) is 68.5 Å². The molecule has 0 amide bonds. The van der Waals surface area contributed by atoms with Crippen LogP contribution in [0.2, 0.25) is 0 Å². The number of ether oxygens (including phenoxy) is 2. The molecule has 0 spiro atoms. The van der Waals surface area contributed by atoms with Crippen molar-refractivity contribution in [1.29, 1.82) is 0 Å². The van der Waals surface area contributed by atoms with Gasteiger partial charge in [-0.05, 0) is 32.8 Å². The van der Waals surface area contributed by atoms with Crippen LogP contribution in [0.4, 0.5) is 0 Å². The molecule has 6 nitrogen and oxygen atoms in total. The third-order valence-electron chi connectivity index (χ3n) is 7.46. The van der Waals surface area contributed by atoms with E-state index in [9.17, 15) is 9.59 Å². The van der Waals surface area contributed by atoms with Crippen molar-refractivity contribution < 1.29 is 47.6 Å². The molecule has 2 rings (SSSR count). The number of dihydropyridines is 1. The second-order valence-electron chi connectivity index (χ2n) is 11.0. The molecule has 0 fully saturated rings. The molecule has 1 aromatic rings. The number of hydrogen-bond acceptors (Lipinski definition) is 5. The predicted octanol–water partition coefficient (Wildman–Crippen LogP) is 4.34. The largest absolute Gasteiger partial charge is 1.00 e. The fraction of sp³-hybridized carbons (Fsp3) is 0.667. The van der Waals surface area contributed by atoms with Crippen molar-refractivity contribution in [2.24, 2.45) is 7.05 Å². The molecule has 0 aromatic carbocycles. The zero-order valence-electron chi connectivity index (χ0n) is 25.7. The number of unbranched alkanes of at least 4 members (excludes halogenated alkanes) is 12. The summed E-state index contributed by atoms with van der Waals surface area (Å²) in [7, 11) is 1.94. The summed E-state index contributed by atoms with van der Waals surface area (Å²) in [6.45, 7) is 8.97. The first kappa shape index (κ1) is 36.1. The quantitative estimate of drug-likeness (QED) is 0.103. The van der Waals surface area contributed by atoms with Crippen LogP contribution >= 0.6 is 0 Å². The Morgan fingerprint density at radius 1 is 0.750 bits per heavy atom. The average molecular weight is 669 g/mol. The van der Waals surface area contributed by atoms with Gasteiger partial charge in [0.25, 0.3) is 0 Å². The lowest BCUT2D eigenvalue weighted by atomic mass is 9.81. The van der Waals surface area contributed by atoms with Gasteiger partial charge in [-0.3, -0.25) is 0 Å². The van der Waals surface area contributed by atoms with Crippen LogP contribution in [0, 0.1) is 0 Å². The number of esters is 2. The summed E-state index contributed by atoms with van der Waals surface area (Å²) in [4.78, 5) is 26.9. The highest BCUT2D eigenvalue weighted by Crippen LogP contribution is 2.38. The van der Waals surface area contributed by atoms with Crippen molar-refractivity contribution >= 4 is 11.9 Å². The maximum absolute atomic E-state index is 13.4. The van der Waals surface area contributed by atoms with Gasteiger partial charge >= 0.3 is 11.9 Å². The third kappa shape index (κ3) is 12.3. The van der Waals surface area contributed by atoms with Crippen LogP contribution in [0.25, 0.3) is 0 Å². The van der Waals surface area contributed by atoms with Crippen LogP contribution in [0.15, 0.2) is 47.1 Å². The highest BCUT2D eigenvalue weighted by Gasteiger charge is 2.39. The number of aryl methyl sites for hydroxylation is 1. The number of allylic oxidation sites excluding steroid dienone is 2. The molecule has 1 aromatic heterocycles. The van der Waals surface area contributed by atoms with Crippen LogP contribution < -0.4 is 33.9 Å². The summed E-state index contributed by atoms with van der Waals surface area (Å²) in [5.74, 6) is -1.28. The minimum absolute atomic E-state index is 0. The molecule has 0 aliphatic carbocycles. The van der Waals surface area contributed by atoms with Gasteiger partial charge in [-0.2, -0.15) is 0 Å². The third-order valence-corrected chi connectivity index (χ3v) is 7.46. The smallest absolute Gasteiger partial charge is 0.336 e. The van der Waals surface area contributed by atoms with Gasteiger partial charge in [-0.25, -0.2) is 14.2 Å². The number of carbonyl (C=O) groups is 2. The predicted molar refractivity (Wildman–Crippen MR) is 157 cm³/mol. The van der Waals surface area contributed by atoms with E-state index in [0.717, 1.165) is 42.6 Å². The number of hydrogen-bond donors (Lipinski definition) is 1. The first-order valence-corrected chi connectivity index (χ1v) is 15.4. The SMILES string of the molecule is CCCCCCCCCOC(=O)C1=C(C)NC(C)=C(C(=O)OCCCCCCCCC)C1c1ccc[n+](C)c1.[I-]. The lowest BCUT2D eigenvalue weighted by Gasteiger charge is -2.30. The van der Waals surface area contributed by atoms with Gasteiger partial charge in [-0.15, -0.1) is 0 Å². The summed E-state index contributed by atoms with van der Waals surface area (Å²) in [6.07, 6.45) is 20.1. The van der Waals surface area contributed by atoms with Crippen molar-refractivity contribution in [3.63, 3.8) is 0 Å². The molecule has 1 aliphatic rings. The van der Waals surface area contributed by atoms with E-state index in [-0.39, 0.29) is 35.9 Å². The lowest BCUT2D eigenvalue weighted by molar-refractivity contribution is -0.671. The molecule has 0 saturated heterocycles. The molecule has 1 aliphatic heterocycles. The number of pyridine rings is 1. The molecule has 2 heterocycles. The van der Waals surface area contributed by atoms with Crippen molar-refractivity contribution in [2.45, 2.75) is 124 Å². The van der Waals surface area contributed by atoms with Crippen molar-refractivity contribution in [3.8, 4) is 0 Å². The Morgan fingerprint density at radius 3 is 1.60 bits per heavy atom. The van der Waals surface area contributed by atoms with Gasteiger partial charge in [0, 0.05) is 23.0 Å². The molecule has 7 heteroatoms. The van der Waals surface area contributed by atoms with Gasteiger partial charge in [0.1, 0.15) is 7.05 Å². The van der Waals surface area contributed by atoms with Crippen LogP contribution in [0.1, 0.15) is 129 Å². The van der Waals surface area contributed by atoms with Crippen molar-refractivity contribution in [2.75, 3.05) is 13.2 Å². The van der Waals surface area contributed by atoms with E-state index in [1.54, 1.807) is 0 Å². The van der Waals surface area contributed by atoms with Crippen LogP contribution in [-0.4, -0.2) is 25.2 Å². The average Bonchev–Trinajstić information content (AvgIpc) is 2.91. The second-order valence-corrected chi connectivity index (χ2v) is 11.0. The number of rotatable bonds is 19. The summed E-state index contributed by atoms with van der Waals surface area (Å²) < 4.78 is 13.5. The molecule has 0 bridgehead atoms. The molecule has 0 unspecified atom stereocenters. The molecule has 0 atom stereocenters. The van der Waals surface area contributed by atoms with E-state index in [4.69, 9.17) is 9.47 Å². The van der Waals surface area contributed by atoms with Crippen LogP contribution in [0.5, 0.6) is 0 Å². The number of nitrogens with zero attached hydrogens (tertiary/aromatic N) is 1. The maximum Gasteiger partial charge on any atom is 0.336 e. The van der Waals surface area contributed by atoms with Gasteiger partial charge in [-0.1, -0.05) is 90.9 Å². The number of nitrogens with one attached hydrogen (secondary N) is 1. The van der Waals surface area contributed by atoms with Crippen molar-refractivity contribution in [1.82, 2.24) is 5.32 Å². The lowest BCUT2D eigenvalue weighted by Crippen LogP contribution is -3.00. The Labute approximate surface area is 260 Å². The Kier molecular flexibility index (Phi) is 18.9. The van der Waals surface area contributed by atoms with Gasteiger partial charge in [0.2, 0.25) is 0 Å². The first-order valence-electron chi connectivity index (χ1n) is 15.4. The van der Waals surface area contributed by atoms with Gasteiger partial charge < -0.3 is 38.8 Å². The summed E-state index contributed by atoms with van der Waals surface area (Å²) in [5.41, 5.74) is 3.27. The maximum atomic E-state index is 13.4. The fourth-order valence-corrected chi connectivity index (χ4v) is 5.25. The summed E-state index contributed by atoms with van der Waals surface area (Å²) in [6, 6.07) is 3.90. The standard InChI is InChI=1S/C33H52N2O4.HI/c1-6-8-10-12-14-16-18-23-38-32(36)29-26(3)34-27(4)30(31(29)28-21-20-22-35(5)25-28)33(37)39-24-19-17-15-13-11-9-7-2;/h20-22,25,31H,6-19,23-24H2,1-5H3;1H. The van der Waals surface area contributed by atoms with Gasteiger partial charge in [0.05, 0.1) is 30.3 Å². The normalized spacial score (nSPS) is 13.6. The molecule has 226 valence electrons. The Balaban J connectivity index is 0.00000800. The minimum atomic E-state index is -0.540. The zero-order chi connectivity index (χ0) is 28.5. The Bertz CT molecular complexity index is 919. The van der Waals surface area contributed by atoms with Crippen LogP contribution in [0.3, 0.4) is 0 Å². The number of carbonyl (C=O) groups excluding carboxylic acids is 2. The molecular weight excluding hydrogens is 615 g/mol. The van der Waals surface area contributed by atoms with E-state index < -0.39 is 5.92 Å². The highest BCUT2D eigenvalue weighted by atomic mass is 127. The number of halogens is 1. The van der Waals surface area contributed by atoms with Gasteiger partial charge in [0.15, 0.2) is 12.4 Å². The highest BCUT2D eigenvalue weighted by molar-refractivity contribution is 5.99. The monoisotopic (exact) mass is 668 g/mol. The number of aromatic nitrogens is 1. The van der Waals surface area contributed by atoms with E-state index in [2.05, 4.69) is 19.2 Å². The molecule has 0 radical (unpaired) electrons. The van der Waals surface area contributed by atoms with Crippen molar-refractivity contribution in [3.05, 3.63) is 52.6 Å². The molecular formula is C33H53IN2O4. The van der Waals surface area contributed by atoms with E-state index in [0.29, 0.717) is 24.4 Å². The molecule has 0 saturated carbocycles. The molecule has 40 heavy (non-hydrogen) atoms. The van der Waals surface area contributed by atoms with Crippen LogP contribution in [-0.2, 0) is 26.1 Å². The molecule has 1 N–H and O–H groups in total. The van der Waals surface area contributed by atoms with E-state index >= 15 is 0 Å². The summed E-state index contributed by atoms with van der Waals surface area (Å²) >= 11 is 0. The summed E-state index contributed by atoms with van der Waals surface area (Å²) in [5, 5.41) is 3.27. The Hall–Kier alpha value is -1.90. The fourth-order valence-electron chi connectivity index (χ4n) is 5.25.